The van der Waals surface area contributed by atoms with E-state index in [1.807, 2.05) is 30.3 Å². The monoisotopic (exact) mass is 424 g/mol. The van der Waals surface area contributed by atoms with Gasteiger partial charge in [0.2, 0.25) is 11.8 Å². The van der Waals surface area contributed by atoms with E-state index in [0.717, 1.165) is 23.3 Å². The van der Waals surface area contributed by atoms with Crippen LogP contribution in [0, 0.1) is 5.92 Å². The zero-order valence-electron chi connectivity index (χ0n) is 18.3. The minimum Gasteiger partial charge on any atom is -0.383 e. The zero-order valence-corrected chi connectivity index (χ0v) is 18.3. The number of nitrogens with zero attached hydrogens (tertiary/aromatic N) is 2. The number of nitrogens with two attached hydrogens (primary N) is 2. The fourth-order valence-electron chi connectivity index (χ4n) is 3.39. The molecule has 0 aliphatic rings. The molecule has 2 rings (SSSR count). The minimum atomic E-state index is -0.995. The molecular formula is C24H32N4O3. The van der Waals surface area contributed by atoms with Crippen LogP contribution in [0.15, 0.2) is 48.7 Å². The van der Waals surface area contributed by atoms with Crippen molar-refractivity contribution in [2.24, 2.45) is 11.7 Å². The van der Waals surface area contributed by atoms with Gasteiger partial charge in [-0.15, -0.1) is 0 Å². The smallest absolute Gasteiger partial charge is 0.232 e. The van der Waals surface area contributed by atoms with Crippen molar-refractivity contribution < 1.29 is 14.4 Å². The van der Waals surface area contributed by atoms with Gasteiger partial charge in [-0.3, -0.25) is 19.3 Å². The second-order valence-corrected chi connectivity index (χ2v) is 7.86. The molecule has 0 radical (unpaired) electrons. The summed E-state index contributed by atoms with van der Waals surface area (Å²) < 4.78 is 0. The number of benzene rings is 1. The molecule has 0 aliphatic heterocycles. The summed E-state index contributed by atoms with van der Waals surface area (Å²) in [5.41, 5.74) is 12.5. The first kappa shape index (κ1) is 24.2. The van der Waals surface area contributed by atoms with Gasteiger partial charge in [0.1, 0.15) is 11.9 Å². The van der Waals surface area contributed by atoms with Gasteiger partial charge >= 0.3 is 0 Å². The lowest BCUT2D eigenvalue weighted by atomic mass is 9.94. The van der Waals surface area contributed by atoms with Crippen LogP contribution in [0.4, 0.5) is 5.82 Å². The van der Waals surface area contributed by atoms with E-state index in [0.29, 0.717) is 13.0 Å². The summed E-state index contributed by atoms with van der Waals surface area (Å²) in [6.07, 6.45) is 4.10. The molecule has 1 aromatic heterocycles. The molecular weight excluding hydrogens is 392 g/mol. The molecule has 0 unspecified atom stereocenters. The van der Waals surface area contributed by atoms with E-state index in [-0.39, 0.29) is 36.0 Å². The molecule has 1 aromatic carbocycles. The molecule has 0 saturated heterocycles. The number of unbranched alkanes of at least 4 members (excludes halogenated alkanes) is 2. The minimum absolute atomic E-state index is 0.0814. The number of Topliss-reactive ketones (excluding diaryl/α,β-unsaturated/α-hetero) is 1. The Morgan fingerprint density at radius 2 is 1.71 bits per heavy atom. The highest BCUT2D eigenvalue weighted by molar-refractivity contribution is 6.09. The average molecular weight is 425 g/mol. The van der Waals surface area contributed by atoms with Crippen LogP contribution in [0.1, 0.15) is 55.5 Å². The van der Waals surface area contributed by atoms with Crippen LogP contribution >= 0.6 is 0 Å². The Labute approximate surface area is 183 Å². The van der Waals surface area contributed by atoms with E-state index in [4.69, 9.17) is 11.5 Å². The number of anilines is 1. The Morgan fingerprint density at radius 3 is 2.32 bits per heavy atom. The molecule has 2 aromatic rings. The summed E-state index contributed by atoms with van der Waals surface area (Å²) in [4.78, 5) is 45.0. The number of amides is 2. The summed E-state index contributed by atoms with van der Waals surface area (Å²) in [5, 5.41) is 0. The van der Waals surface area contributed by atoms with Crippen molar-refractivity contribution in [3.8, 4) is 0 Å². The maximum absolute atomic E-state index is 13.5. The fraction of sp³-hybridized carbons (Fsp3) is 0.417. The van der Waals surface area contributed by atoms with Gasteiger partial charge in [0.05, 0.1) is 5.56 Å². The second kappa shape index (κ2) is 12.0. The van der Waals surface area contributed by atoms with Gasteiger partial charge in [0.25, 0.3) is 0 Å². The first-order valence-corrected chi connectivity index (χ1v) is 10.7. The lowest BCUT2D eigenvalue weighted by molar-refractivity contribution is -0.148. The number of aromatic nitrogens is 1. The van der Waals surface area contributed by atoms with Crippen molar-refractivity contribution in [1.29, 1.82) is 0 Å². The lowest BCUT2D eigenvalue weighted by Gasteiger charge is -2.31. The van der Waals surface area contributed by atoms with Crippen molar-refractivity contribution in [2.45, 2.75) is 52.0 Å². The summed E-state index contributed by atoms with van der Waals surface area (Å²) in [5.74, 6) is -1.48. The van der Waals surface area contributed by atoms with Crippen LogP contribution < -0.4 is 11.5 Å². The predicted octanol–water partition coefficient (Wildman–Crippen LogP) is 2.99. The number of carbonyl (C=O) groups excluding carboxylic acids is 3. The SMILES string of the molecule is CC(C)C(=O)N(C(=O)CCCCCN)[C@@H](Cc1ccccc1)C(=O)c1cccnc1N. The van der Waals surface area contributed by atoms with Crippen LogP contribution in [0.25, 0.3) is 0 Å². The molecule has 7 nitrogen and oxygen atoms in total. The molecule has 4 N–H and O–H groups in total. The third-order valence-corrected chi connectivity index (χ3v) is 5.08. The predicted molar refractivity (Wildman–Crippen MR) is 121 cm³/mol. The molecule has 0 saturated carbocycles. The van der Waals surface area contributed by atoms with Crippen molar-refractivity contribution in [3.63, 3.8) is 0 Å². The Hall–Kier alpha value is -3.06. The van der Waals surface area contributed by atoms with Crippen molar-refractivity contribution in [3.05, 3.63) is 59.8 Å². The molecule has 2 amide bonds. The average Bonchev–Trinajstić information content (AvgIpc) is 2.76. The van der Waals surface area contributed by atoms with E-state index >= 15 is 0 Å². The molecule has 1 heterocycles. The highest BCUT2D eigenvalue weighted by atomic mass is 16.2. The molecule has 0 bridgehead atoms. The van der Waals surface area contributed by atoms with Crippen molar-refractivity contribution in [2.75, 3.05) is 12.3 Å². The molecule has 0 spiro atoms. The molecule has 1 atom stereocenters. The van der Waals surface area contributed by atoms with Gasteiger partial charge in [0, 0.05) is 25.0 Å². The van der Waals surface area contributed by atoms with E-state index in [1.165, 1.54) is 6.20 Å². The maximum atomic E-state index is 13.5. The fourth-order valence-corrected chi connectivity index (χ4v) is 3.39. The van der Waals surface area contributed by atoms with E-state index in [2.05, 4.69) is 4.98 Å². The summed E-state index contributed by atoms with van der Waals surface area (Å²) in [6, 6.07) is 11.5. The number of hydrogen-bond acceptors (Lipinski definition) is 6. The normalized spacial score (nSPS) is 11.9. The number of imide groups is 1. The van der Waals surface area contributed by atoms with Gasteiger partial charge in [-0.1, -0.05) is 50.6 Å². The van der Waals surface area contributed by atoms with Crippen LogP contribution in [0.5, 0.6) is 0 Å². The van der Waals surface area contributed by atoms with E-state index < -0.39 is 17.7 Å². The number of carbonyl (C=O) groups is 3. The van der Waals surface area contributed by atoms with Crippen LogP contribution in [-0.2, 0) is 16.0 Å². The Kier molecular flexibility index (Phi) is 9.34. The summed E-state index contributed by atoms with van der Waals surface area (Å²) >= 11 is 0. The highest BCUT2D eigenvalue weighted by Crippen LogP contribution is 2.21. The first-order chi connectivity index (χ1) is 14.9. The van der Waals surface area contributed by atoms with Crippen LogP contribution in [0.2, 0.25) is 0 Å². The Balaban J connectivity index is 2.44. The summed E-state index contributed by atoms with van der Waals surface area (Å²) in [7, 11) is 0. The maximum Gasteiger partial charge on any atom is 0.232 e. The molecule has 166 valence electrons. The standard InChI is InChI=1S/C24H32N4O3/c1-17(2)24(31)28(21(29)13-7-4-8-14-25)20(16-18-10-5-3-6-11-18)22(30)19-12-9-15-27-23(19)26/h3,5-6,9-12,15,17,20H,4,7-8,13-14,16,25H2,1-2H3,(H2,26,27)/t20-/m0/s1. The quantitative estimate of drug-likeness (QED) is 0.423. The van der Waals surface area contributed by atoms with Gasteiger partial charge in [-0.05, 0) is 37.1 Å². The molecule has 0 aliphatic carbocycles. The Bertz CT molecular complexity index is 883. The lowest BCUT2D eigenvalue weighted by Crippen LogP contribution is -2.51. The van der Waals surface area contributed by atoms with Crippen molar-refractivity contribution >= 4 is 23.4 Å². The van der Waals surface area contributed by atoms with Gasteiger partial charge in [0.15, 0.2) is 5.78 Å². The van der Waals surface area contributed by atoms with Gasteiger partial charge in [-0.25, -0.2) is 4.98 Å². The third-order valence-electron chi connectivity index (χ3n) is 5.08. The number of ketones is 1. The Morgan fingerprint density at radius 1 is 1.00 bits per heavy atom. The van der Waals surface area contributed by atoms with Gasteiger partial charge in [-0.2, -0.15) is 0 Å². The largest absolute Gasteiger partial charge is 0.383 e. The zero-order chi connectivity index (χ0) is 22.8. The van der Waals surface area contributed by atoms with Crippen molar-refractivity contribution in [1.82, 2.24) is 9.88 Å². The number of hydrogen-bond donors (Lipinski definition) is 2. The first-order valence-electron chi connectivity index (χ1n) is 10.7. The van der Waals surface area contributed by atoms with Crippen LogP contribution in [0.3, 0.4) is 0 Å². The van der Waals surface area contributed by atoms with Gasteiger partial charge < -0.3 is 11.5 Å². The molecule has 7 heteroatoms. The molecule has 0 fully saturated rings. The van der Waals surface area contributed by atoms with E-state index in [1.54, 1.807) is 26.0 Å². The number of rotatable bonds is 11. The molecule has 31 heavy (non-hydrogen) atoms. The van der Waals surface area contributed by atoms with E-state index in [9.17, 15) is 14.4 Å². The topological polar surface area (TPSA) is 119 Å². The summed E-state index contributed by atoms with van der Waals surface area (Å²) in [6.45, 7) is 4.00. The third kappa shape index (κ3) is 6.72. The number of nitrogen functional groups attached to an aromatic ring is 1. The highest BCUT2D eigenvalue weighted by Gasteiger charge is 2.36. The number of pyridine rings is 1. The second-order valence-electron chi connectivity index (χ2n) is 7.86. The van der Waals surface area contributed by atoms with Crippen LogP contribution in [-0.4, -0.2) is 40.1 Å².